The van der Waals surface area contributed by atoms with Crippen molar-refractivity contribution in [2.45, 2.75) is 19.1 Å². The van der Waals surface area contributed by atoms with Crippen molar-refractivity contribution in [3.63, 3.8) is 0 Å². The molecule has 0 aliphatic carbocycles. The molecule has 0 fully saturated rings. The summed E-state index contributed by atoms with van der Waals surface area (Å²) in [4.78, 5) is 20.0. The molecular formula is C24H19F3N2O2. The van der Waals surface area contributed by atoms with E-state index in [1.165, 1.54) is 29.2 Å². The second-order valence-corrected chi connectivity index (χ2v) is 7.27. The van der Waals surface area contributed by atoms with Gasteiger partial charge in [-0.15, -0.1) is 0 Å². The van der Waals surface area contributed by atoms with Crippen molar-refractivity contribution in [3.05, 3.63) is 107 Å². The number of halogens is 3. The molecule has 0 N–H and O–H groups in total. The van der Waals surface area contributed by atoms with Gasteiger partial charge in [-0.3, -0.25) is 4.79 Å². The predicted octanol–water partition coefficient (Wildman–Crippen LogP) is 4.94. The summed E-state index contributed by atoms with van der Waals surface area (Å²) < 4.78 is 41.2. The fraction of sp³-hybridized carbons (Fsp3) is 0.167. The average Bonchev–Trinajstić information content (AvgIpc) is 3.24. The molecule has 1 atom stereocenters. The van der Waals surface area contributed by atoms with Crippen LogP contribution in [-0.4, -0.2) is 29.2 Å². The van der Waals surface area contributed by atoms with Crippen molar-refractivity contribution < 1.29 is 22.8 Å². The third kappa shape index (κ3) is 4.94. The van der Waals surface area contributed by atoms with E-state index in [2.05, 4.69) is 5.16 Å². The summed E-state index contributed by atoms with van der Waals surface area (Å²) in [5.74, 6) is -2.50. The van der Waals surface area contributed by atoms with Crippen LogP contribution in [0.2, 0.25) is 0 Å². The van der Waals surface area contributed by atoms with Gasteiger partial charge in [0.2, 0.25) is 0 Å². The molecule has 31 heavy (non-hydrogen) atoms. The summed E-state index contributed by atoms with van der Waals surface area (Å²) in [5.41, 5.74) is 1.94. The minimum absolute atomic E-state index is 0.103. The number of hydrogen-bond donors (Lipinski definition) is 0. The van der Waals surface area contributed by atoms with Crippen LogP contribution in [0.15, 0.2) is 78.0 Å². The molecule has 7 heteroatoms. The molecule has 0 aromatic heterocycles. The number of hydrogen-bond acceptors (Lipinski definition) is 3. The van der Waals surface area contributed by atoms with E-state index in [-0.39, 0.29) is 24.2 Å². The molecule has 4 rings (SSSR count). The lowest BCUT2D eigenvalue weighted by Crippen LogP contribution is -2.37. The van der Waals surface area contributed by atoms with E-state index in [0.29, 0.717) is 6.42 Å². The van der Waals surface area contributed by atoms with Gasteiger partial charge < -0.3 is 9.74 Å². The Kier molecular flexibility index (Phi) is 6.02. The quantitative estimate of drug-likeness (QED) is 0.563. The summed E-state index contributed by atoms with van der Waals surface area (Å²) in [7, 11) is 0. The highest BCUT2D eigenvalue weighted by atomic mass is 19.1. The zero-order valence-corrected chi connectivity index (χ0v) is 16.5. The van der Waals surface area contributed by atoms with Crippen molar-refractivity contribution >= 4 is 11.6 Å². The molecule has 3 aromatic carbocycles. The summed E-state index contributed by atoms with van der Waals surface area (Å²) in [6.45, 7) is -0.0199. The highest BCUT2D eigenvalue weighted by molar-refractivity contribution is 6.01. The van der Waals surface area contributed by atoms with Crippen LogP contribution >= 0.6 is 0 Å². The molecule has 0 unspecified atom stereocenters. The van der Waals surface area contributed by atoms with Crippen molar-refractivity contribution in [2.24, 2.45) is 5.16 Å². The molecule has 0 bridgehead atoms. The third-order valence-corrected chi connectivity index (χ3v) is 5.00. The highest BCUT2D eigenvalue weighted by Gasteiger charge is 2.28. The normalized spacial score (nSPS) is 15.3. The monoisotopic (exact) mass is 424 g/mol. The van der Waals surface area contributed by atoms with Crippen LogP contribution < -0.4 is 0 Å². The van der Waals surface area contributed by atoms with Gasteiger partial charge in [-0.25, -0.2) is 13.2 Å². The lowest BCUT2D eigenvalue weighted by atomic mass is 10.0. The third-order valence-electron chi connectivity index (χ3n) is 5.00. The number of nitrogens with zero attached hydrogens (tertiary/aromatic N) is 2. The smallest absolute Gasteiger partial charge is 0.254 e. The minimum atomic E-state index is -0.759. The fourth-order valence-electron chi connectivity index (χ4n) is 3.45. The Morgan fingerprint density at radius 2 is 1.74 bits per heavy atom. The number of benzene rings is 3. The van der Waals surface area contributed by atoms with Crippen LogP contribution in [0.1, 0.15) is 27.9 Å². The van der Waals surface area contributed by atoms with E-state index in [1.807, 2.05) is 30.3 Å². The predicted molar refractivity (Wildman–Crippen MR) is 110 cm³/mol. The maximum atomic E-state index is 14.2. The van der Waals surface area contributed by atoms with Crippen LogP contribution in [0.3, 0.4) is 0 Å². The Bertz CT molecular complexity index is 1120. The van der Waals surface area contributed by atoms with Gasteiger partial charge in [0.1, 0.15) is 17.5 Å². The van der Waals surface area contributed by atoms with Crippen LogP contribution in [-0.2, 0) is 11.4 Å². The zero-order valence-electron chi connectivity index (χ0n) is 16.5. The Hall–Kier alpha value is -3.61. The Labute approximate surface area is 177 Å². The van der Waals surface area contributed by atoms with E-state index >= 15 is 0 Å². The van der Waals surface area contributed by atoms with E-state index in [1.54, 1.807) is 0 Å². The molecule has 0 spiro atoms. The summed E-state index contributed by atoms with van der Waals surface area (Å²) in [6, 6.07) is 18.0. The van der Waals surface area contributed by atoms with Crippen LogP contribution in [0.25, 0.3) is 0 Å². The maximum absolute atomic E-state index is 14.2. The molecule has 0 saturated carbocycles. The average molecular weight is 424 g/mol. The first-order valence-corrected chi connectivity index (χ1v) is 9.76. The molecule has 4 nitrogen and oxygen atoms in total. The number of amides is 1. The first kappa shape index (κ1) is 20.7. The van der Waals surface area contributed by atoms with Crippen LogP contribution in [0.4, 0.5) is 13.2 Å². The van der Waals surface area contributed by atoms with E-state index in [4.69, 9.17) is 4.84 Å². The summed E-state index contributed by atoms with van der Waals surface area (Å²) in [5, 5.41) is 4.12. The summed E-state index contributed by atoms with van der Waals surface area (Å²) in [6.07, 6.45) is 0.0132. The summed E-state index contributed by atoms with van der Waals surface area (Å²) >= 11 is 0. The molecule has 1 heterocycles. The van der Waals surface area contributed by atoms with E-state index in [9.17, 15) is 18.0 Å². The SMILES string of the molecule is O=C(c1cccc(F)c1)N(Cc1ccc(F)cc1F)C[C@H]1CC(c2ccccc2)=NO1. The maximum Gasteiger partial charge on any atom is 0.254 e. The van der Waals surface area contributed by atoms with Gasteiger partial charge in [0.15, 0.2) is 6.10 Å². The first-order valence-electron chi connectivity index (χ1n) is 9.76. The van der Waals surface area contributed by atoms with Crippen molar-refractivity contribution in [2.75, 3.05) is 6.54 Å². The molecule has 3 aromatic rings. The molecule has 158 valence electrons. The van der Waals surface area contributed by atoms with Gasteiger partial charge in [0.25, 0.3) is 5.91 Å². The second kappa shape index (κ2) is 9.04. The molecule has 1 aliphatic heterocycles. The molecule has 0 radical (unpaired) electrons. The fourth-order valence-corrected chi connectivity index (χ4v) is 3.45. The molecule has 1 amide bonds. The number of carbonyl (C=O) groups excluding carboxylic acids is 1. The zero-order chi connectivity index (χ0) is 21.8. The Balaban J connectivity index is 1.54. The lowest BCUT2D eigenvalue weighted by molar-refractivity contribution is 0.0402. The molecular weight excluding hydrogens is 405 g/mol. The van der Waals surface area contributed by atoms with Gasteiger partial charge in [-0.1, -0.05) is 47.6 Å². The van der Waals surface area contributed by atoms with Gasteiger partial charge >= 0.3 is 0 Å². The second-order valence-electron chi connectivity index (χ2n) is 7.27. The van der Waals surface area contributed by atoms with Crippen molar-refractivity contribution in [1.82, 2.24) is 4.90 Å². The van der Waals surface area contributed by atoms with E-state index in [0.717, 1.165) is 29.5 Å². The standard InChI is InChI=1S/C24H19F3N2O2/c25-19-8-4-7-17(11-19)24(30)29(14-18-9-10-20(26)12-22(18)27)15-21-13-23(28-31-21)16-5-2-1-3-6-16/h1-12,21H,13-15H2/t21-/m1/s1. The highest BCUT2D eigenvalue weighted by Crippen LogP contribution is 2.21. The number of oxime groups is 1. The van der Waals surface area contributed by atoms with Crippen LogP contribution in [0, 0.1) is 17.5 Å². The minimum Gasteiger partial charge on any atom is -0.390 e. The van der Waals surface area contributed by atoms with Crippen molar-refractivity contribution in [1.29, 1.82) is 0 Å². The number of rotatable bonds is 6. The largest absolute Gasteiger partial charge is 0.390 e. The van der Waals surface area contributed by atoms with Gasteiger partial charge in [-0.2, -0.15) is 0 Å². The molecule has 1 aliphatic rings. The topological polar surface area (TPSA) is 41.9 Å². The lowest BCUT2D eigenvalue weighted by Gasteiger charge is -2.25. The first-order chi connectivity index (χ1) is 15.0. The van der Waals surface area contributed by atoms with Gasteiger partial charge in [0, 0.05) is 30.2 Å². The Morgan fingerprint density at radius 3 is 2.48 bits per heavy atom. The van der Waals surface area contributed by atoms with Gasteiger partial charge in [0.05, 0.1) is 12.3 Å². The Morgan fingerprint density at radius 1 is 0.968 bits per heavy atom. The molecule has 0 saturated heterocycles. The number of carbonyl (C=O) groups is 1. The van der Waals surface area contributed by atoms with Gasteiger partial charge in [-0.05, 0) is 29.8 Å². The van der Waals surface area contributed by atoms with Crippen LogP contribution in [0.5, 0.6) is 0 Å². The van der Waals surface area contributed by atoms with Crippen molar-refractivity contribution in [3.8, 4) is 0 Å². The van der Waals surface area contributed by atoms with E-state index < -0.39 is 29.5 Å².